The largest absolute Gasteiger partial charge is 0.484 e. The SMILES string of the molecule is COC(=O)c1c(NC(=O)COc2ccccc2)sc(Cc2ccc3c(c2)OCO3)c1C. The molecule has 1 amide bonds. The zero-order valence-electron chi connectivity index (χ0n) is 17.1. The Morgan fingerprint density at radius 3 is 2.65 bits per heavy atom. The third-order valence-electron chi connectivity index (χ3n) is 4.80. The van der Waals surface area contributed by atoms with E-state index in [9.17, 15) is 9.59 Å². The third kappa shape index (κ3) is 4.64. The van der Waals surface area contributed by atoms with Crippen LogP contribution < -0.4 is 19.5 Å². The van der Waals surface area contributed by atoms with Crippen molar-refractivity contribution < 1.29 is 28.5 Å². The van der Waals surface area contributed by atoms with Crippen LogP contribution in [-0.2, 0) is 16.0 Å². The molecule has 7 nitrogen and oxygen atoms in total. The number of amides is 1. The molecule has 0 atom stereocenters. The molecule has 0 aliphatic carbocycles. The molecule has 1 aliphatic rings. The van der Waals surface area contributed by atoms with Crippen LogP contribution in [0.3, 0.4) is 0 Å². The highest BCUT2D eigenvalue weighted by atomic mass is 32.1. The van der Waals surface area contributed by atoms with Gasteiger partial charge in [-0.1, -0.05) is 24.3 Å². The molecule has 2 heterocycles. The summed E-state index contributed by atoms with van der Waals surface area (Å²) in [7, 11) is 1.32. The molecule has 0 fully saturated rings. The molecule has 4 rings (SSSR count). The number of hydrogen-bond donors (Lipinski definition) is 1. The number of rotatable bonds is 7. The summed E-state index contributed by atoms with van der Waals surface area (Å²) in [6, 6.07) is 14.8. The number of benzene rings is 2. The number of nitrogens with one attached hydrogen (secondary N) is 1. The van der Waals surface area contributed by atoms with Crippen molar-refractivity contribution in [2.24, 2.45) is 0 Å². The summed E-state index contributed by atoms with van der Waals surface area (Å²) in [5.41, 5.74) is 2.14. The summed E-state index contributed by atoms with van der Waals surface area (Å²) >= 11 is 1.35. The monoisotopic (exact) mass is 439 g/mol. The van der Waals surface area contributed by atoms with Crippen LogP contribution in [0, 0.1) is 6.92 Å². The van der Waals surface area contributed by atoms with E-state index in [0.29, 0.717) is 34.2 Å². The van der Waals surface area contributed by atoms with E-state index in [1.165, 1.54) is 18.4 Å². The van der Waals surface area contributed by atoms with Gasteiger partial charge in [-0.15, -0.1) is 11.3 Å². The first kappa shape index (κ1) is 20.7. The second-order valence-corrected chi connectivity index (χ2v) is 7.97. The molecule has 0 unspecified atom stereocenters. The maximum absolute atomic E-state index is 12.4. The molecule has 8 heteroatoms. The van der Waals surface area contributed by atoms with Crippen molar-refractivity contribution in [2.75, 3.05) is 25.8 Å². The highest BCUT2D eigenvalue weighted by Gasteiger charge is 2.24. The third-order valence-corrected chi connectivity index (χ3v) is 6.01. The van der Waals surface area contributed by atoms with E-state index in [0.717, 1.165) is 16.0 Å². The summed E-state index contributed by atoms with van der Waals surface area (Å²) in [6.07, 6.45) is 0.577. The van der Waals surface area contributed by atoms with Crippen LogP contribution in [0.2, 0.25) is 0 Å². The van der Waals surface area contributed by atoms with Gasteiger partial charge in [0, 0.05) is 11.3 Å². The number of thiophene rings is 1. The summed E-state index contributed by atoms with van der Waals surface area (Å²) < 4.78 is 21.2. The molecular formula is C23H21NO6S. The summed E-state index contributed by atoms with van der Waals surface area (Å²) in [5, 5.41) is 3.24. The van der Waals surface area contributed by atoms with Crippen LogP contribution in [0.1, 0.15) is 26.4 Å². The normalized spacial score (nSPS) is 11.8. The van der Waals surface area contributed by atoms with Gasteiger partial charge < -0.3 is 24.3 Å². The van der Waals surface area contributed by atoms with E-state index >= 15 is 0 Å². The Morgan fingerprint density at radius 2 is 1.87 bits per heavy atom. The summed E-state index contributed by atoms with van der Waals surface area (Å²) in [4.78, 5) is 25.8. The average molecular weight is 439 g/mol. The average Bonchev–Trinajstić information content (AvgIpc) is 3.36. The Labute approximate surface area is 183 Å². The highest BCUT2D eigenvalue weighted by Crippen LogP contribution is 2.37. The number of para-hydroxylation sites is 1. The maximum atomic E-state index is 12.4. The van der Waals surface area contributed by atoms with Gasteiger partial charge in [-0.25, -0.2) is 4.79 Å². The van der Waals surface area contributed by atoms with Crippen molar-refractivity contribution in [3.05, 3.63) is 70.1 Å². The molecule has 0 radical (unpaired) electrons. The molecule has 2 aromatic carbocycles. The molecule has 160 valence electrons. The van der Waals surface area contributed by atoms with Crippen molar-refractivity contribution in [2.45, 2.75) is 13.3 Å². The number of ether oxygens (including phenoxy) is 4. The van der Waals surface area contributed by atoms with Crippen LogP contribution in [0.15, 0.2) is 48.5 Å². The lowest BCUT2D eigenvalue weighted by Crippen LogP contribution is -2.21. The molecule has 1 N–H and O–H groups in total. The van der Waals surface area contributed by atoms with E-state index in [2.05, 4.69) is 5.32 Å². The van der Waals surface area contributed by atoms with Gasteiger partial charge in [-0.2, -0.15) is 0 Å². The van der Waals surface area contributed by atoms with Gasteiger partial charge in [0.2, 0.25) is 6.79 Å². The number of anilines is 1. The van der Waals surface area contributed by atoms with Crippen LogP contribution >= 0.6 is 11.3 Å². The van der Waals surface area contributed by atoms with Crippen LogP contribution in [0.25, 0.3) is 0 Å². The smallest absolute Gasteiger partial charge is 0.341 e. The Bertz CT molecular complexity index is 1110. The quantitative estimate of drug-likeness (QED) is 0.556. The Morgan fingerprint density at radius 1 is 1.10 bits per heavy atom. The lowest BCUT2D eigenvalue weighted by atomic mass is 10.1. The fourth-order valence-electron chi connectivity index (χ4n) is 3.23. The van der Waals surface area contributed by atoms with Gasteiger partial charge >= 0.3 is 5.97 Å². The molecule has 31 heavy (non-hydrogen) atoms. The zero-order chi connectivity index (χ0) is 21.8. The molecule has 3 aromatic rings. The first-order valence-corrected chi connectivity index (χ1v) is 10.4. The number of hydrogen-bond acceptors (Lipinski definition) is 7. The van der Waals surface area contributed by atoms with Crippen molar-refractivity contribution in [3.63, 3.8) is 0 Å². The topological polar surface area (TPSA) is 83.1 Å². The first-order valence-electron chi connectivity index (χ1n) is 9.62. The number of carbonyl (C=O) groups excluding carboxylic acids is 2. The van der Waals surface area contributed by atoms with E-state index in [1.807, 2.05) is 43.3 Å². The van der Waals surface area contributed by atoms with Crippen molar-refractivity contribution in [1.82, 2.24) is 0 Å². The zero-order valence-corrected chi connectivity index (χ0v) is 17.9. The molecule has 0 bridgehead atoms. The van der Waals surface area contributed by atoms with E-state index in [4.69, 9.17) is 18.9 Å². The van der Waals surface area contributed by atoms with Gasteiger partial charge in [0.1, 0.15) is 10.8 Å². The predicted octanol–water partition coefficient (Wildman–Crippen LogP) is 4.18. The van der Waals surface area contributed by atoms with Gasteiger partial charge in [0.25, 0.3) is 5.91 Å². The van der Waals surface area contributed by atoms with Gasteiger partial charge in [0.15, 0.2) is 18.1 Å². The van der Waals surface area contributed by atoms with Crippen LogP contribution in [-0.4, -0.2) is 32.4 Å². The molecule has 1 aromatic heterocycles. The molecule has 1 aliphatic heterocycles. The second-order valence-electron chi connectivity index (χ2n) is 6.86. The van der Waals surface area contributed by atoms with E-state index < -0.39 is 5.97 Å². The Hall–Kier alpha value is -3.52. The lowest BCUT2D eigenvalue weighted by molar-refractivity contribution is -0.118. The van der Waals surface area contributed by atoms with E-state index in [-0.39, 0.29) is 19.3 Å². The summed E-state index contributed by atoms with van der Waals surface area (Å²) in [6.45, 7) is 1.89. The standard InChI is InChI=1S/C23H21NO6S/c1-14-19(11-15-8-9-17-18(10-15)30-13-29-17)31-22(21(14)23(26)27-2)24-20(25)12-28-16-6-4-3-5-7-16/h3-10H,11-13H2,1-2H3,(H,24,25). The minimum atomic E-state index is -0.495. The van der Waals surface area contributed by atoms with Crippen molar-refractivity contribution in [3.8, 4) is 17.2 Å². The van der Waals surface area contributed by atoms with Crippen LogP contribution in [0.4, 0.5) is 5.00 Å². The first-order chi connectivity index (χ1) is 15.0. The highest BCUT2D eigenvalue weighted by molar-refractivity contribution is 7.17. The molecular weight excluding hydrogens is 418 g/mol. The second kappa shape index (κ2) is 9.09. The van der Waals surface area contributed by atoms with E-state index in [1.54, 1.807) is 12.1 Å². The fourth-order valence-corrected chi connectivity index (χ4v) is 4.47. The maximum Gasteiger partial charge on any atom is 0.341 e. The van der Waals surface area contributed by atoms with Crippen molar-refractivity contribution in [1.29, 1.82) is 0 Å². The number of carbonyl (C=O) groups is 2. The molecule has 0 spiro atoms. The number of fused-ring (bicyclic) bond motifs is 1. The number of esters is 1. The Balaban J connectivity index is 1.52. The lowest BCUT2D eigenvalue weighted by Gasteiger charge is -2.07. The fraction of sp³-hybridized carbons (Fsp3) is 0.217. The molecule has 0 saturated carbocycles. The van der Waals surface area contributed by atoms with Crippen LogP contribution in [0.5, 0.6) is 17.2 Å². The van der Waals surface area contributed by atoms with Gasteiger partial charge in [-0.05, 0) is 42.3 Å². The van der Waals surface area contributed by atoms with Gasteiger partial charge in [-0.3, -0.25) is 4.79 Å². The van der Waals surface area contributed by atoms with Crippen molar-refractivity contribution >= 4 is 28.2 Å². The Kier molecular flexibility index (Phi) is 6.08. The summed E-state index contributed by atoms with van der Waals surface area (Å²) in [5.74, 6) is 1.16. The minimum absolute atomic E-state index is 0.168. The van der Waals surface area contributed by atoms with Gasteiger partial charge in [0.05, 0.1) is 12.7 Å². The number of methoxy groups -OCH3 is 1. The predicted molar refractivity (Wildman–Crippen MR) is 116 cm³/mol. The molecule has 0 saturated heterocycles. The minimum Gasteiger partial charge on any atom is -0.484 e.